The van der Waals surface area contributed by atoms with E-state index in [-0.39, 0.29) is 11.8 Å². The van der Waals surface area contributed by atoms with E-state index < -0.39 is 0 Å². The molecule has 1 rings (SSSR count). The van der Waals surface area contributed by atoms with E-state index in [1.54, 1.807) is 0 Å². The lowest BCUT2D eigenvalue weighted by atomic mass is 9.93. The Morgan fingerprint density at radius 2 is 2.19 bits per heavy atom. The molecular weight excluding hydrogens is 202 g/mol. The Morgan fingerprint density at radius 3 is 2.75 bits per heavy atom. The van der Waals surface area contributed by atoms with Gasteiger partial charge in [-0.1, -0.05) is 13.8 Å². The van der Waals surface area contributed by atoms with Gasteiger partial charge in [0.15, 0.2) is 0 Å². The van der Waals surface area contributed by atoms with Crippen LogP contribution in [0.2, 0.25) is 0 Å². The molecule has 0 aromatic heterocycles. The number of carbonyl (C=O) groups excluding carboxylic acids is 1. The normalized spacial score (nSPS) is 27.2. The highest BCUT2D eigenvalue weighted by Crippen LogP contribution is 2.20. The molecule has 1 heterocycles. The number of hydrogen-bond acceptors (Lipinski definition) is 3. The van der Waals surface area contributed by atoms with Crippen LogP contribution in [0.25, 0.3) is 0 Å². The maximum absolute atomic E-state index is 11.2. The molecule has 4 heteroatoms. The van der Waals surface area contributed by atoms with Crippen LogP contribution in [0.4, 0.5) is 0 Å². The van der Waals surface area contributed by atoms with Gasteiger partial charge in [0.05, 0.1) is 5.92 Å². The third-order valence-corrected chi connectivity index (χ3v) is 3.37. The van der Waals surface area contributed by atoms with Crippen molar-refractivity contribution in [1.29, 1.82) is 0 Å². The van der Waals surface area contributed by atoms with E-state index in [0.717, 1.165) is 32.5 Å². The van der Waals surface area contributed by atoms with Crippen molar-refractivity contribution >= 4 is 5.91 Å². The molecule has 0 aromatic carbocycles. The van der Waals surface area contributed by atoms with Gasteiger partial charge in [-0.25, -0.2) is 0 Å². The number of nitrogens with one attached hydrogen (secondary N) is 1. The molecule has 1 aliphatic heterocycles. The van der Waals surface area contributed by atoms with E-state index in [2.05, 4.69) is 31.0 Å². The molecule has 1 aliphatic rings. The molecule has 0 saturated carbocycles. The average Bonchev–Trinajstić information content (AvgIpc) is 2.20. The Bertz CT molecular complexity index is 230. The predicted octanol–water partition coefficient (Wildman–Crippen LogP) is 0.570. The summed E-state index contributed by atoms with van der Waals surface area (Å²) in [5.41, 5.74) is 5.37. The minimum absolute atomic E-state index is 0.0512. The fraction of sp³-hybridized carbons (Fsp3) is 0.917. The van der Waals surface area contributed by atoms with Gasteiger partial charge in [-0.15, -0.1) is 0 Å². The number of rotatable bonds is 5. The minimum atomic E-state index is -0.145. The molecule has 0 radical (unpaired) electrons. The maximum atomic E-state index is 11.2. The highest BCUT2D eigenvalue weighted by molar-refractivity contribution is 5.76. The molecule has 2 unspecified atom stereocenters. The third-order valence-electron chi connectivity index (χ3n) is 3.37. The molecule has 1 saturated heterocycles. The molecule has 0 aromatic rings. The Balaban J connectivity index is 2.35. The van der Waals surface area contributed by atoms with Gasteiger partial charge in [-0.2, -0.15) is 0 Å². The summed E-state index contributed by atoms with van der Waals surface area (Å²) in [7, 11) is 0. The van der Waals surface area contributed by atoms with Crippen LogP contribution in [-0.2, 0) is 4.79 Å². The molecule has 94 valence electrons. The largest absolute Gasteiger partial charge is 0.369 e. The first-order valence-corrected chi connectivity index (χ1v) is 6.27. The Morgan fingerprint density at radius 1 is 1.50 bits per heavy atom. The third kappa shape index (κ3) is 4.10. The summed E-state index contributed by atoms with van der Waals surface area (Å²) in [5.74, 6) is -0.0935. The molecule has 0 bridgehead atoms. The lowest BCUT2D eigenvalue weighted by Gasteiger charge is -2.37. The quantitative estimate of drug-likeness (QED) is 0.722. The van der Waals surface area contributed by atoms with Gasteiger partial charge >= 0.3 is 0 Å². The molecule has 4 nitrogen and oxygen atoms in total. The minimum Gasteiger partial charge on any atom is -0.369 e. The Kier molecular flexibility index (Phi) is 5.22. The van der Waals surface area contributed by atoms with Gasteiger partial charge in [-0.3, -0.25) is 9.69 Å². The van der Waals surface area contributed by atoms with E-state index in [9.17, 15) is 4.79 Å². The second-order valence-electron chi connectivity index (χ2n) is 5.13. The highest BCUT2D eigenvalue weighted by atomic mass is 16.1. The number of nitrogens with two attached hydrogens (primary N) is 1. The van der Waals surface area contributed by atoms with Crippen molar-refractivity contribution in [1.82, 2.24) is 10.2 Å². The summed E-state index contributed by atoms with van der Waals surface area (Å²) in [6.07, 6.45) is 2.03. The fourth-order valence-corrected chi connectivity index (χ4v) is 2.22. The number of carbonyl (C=O) groups is 1. The van der Waals surface area contributed by atoms with Gasteiger partial charge < -0.3 is 11.1 Å². The molecule has 0 spiro atoms. The first-order chi connectivity index (χ1) is 7.50. The van der Waals surface area contributed by atoms with Crippen molar-refractivity contribution < 1.29 is 4.79 Å². The summed E-state index contributed by atoms with van der Waals surface area (Å²) in [6.45, 7) is 9.33. The number of likely N-dealkylation sites (tertiary alicyclic amines) is 1. The first-order valence-electron chi connectivity index (χ1n) is 6.27. The zero-order valence-electron chi connectivity index (χ0n) is 10.7. The number of hydrogen-bond donors (Lipinski definition) is 2. The molecule has 1 amide bonds. The summed E-state index contributed by atoms with van der Waals surface area (Å²) in [4.78, 5) is 13.5. The van der Waals surface area contributed by atoms with E-state index in [1.165, 1.54) is 0 Å². The molecule has 2 atom stereocenters. The van der Waals surface area contributed by atoms with Gasteiger partial charge in [0.2, 0.25) is 5.91 Å². The van der Waals surface area contributed by atoms with Crippen LogP contribution in [0.1, 0.15) is 33.6 Å². The standard InChI is InChI=1S/C12H25N3O/c1-9(2)14-6-7-15-8-11(12(13)16)5-4-10(15)3/h9-11,14H,4-8H2,1-3H3,(H2,13,16). The van der Waals surface area contributed by atoms with Crippen LogP contribution in [-0.4, -0.2) is 42.5 Å². The lowest BCUT2D eigenvalue weighted by molar-refractivity contribution is -0.123. The van der Waals surface area contributed by atoms with Gasteiger partial charge in [0.1, 0.15) is 0 Å². The van der Waals surface area contributed by atoms with Crippen molar-refractivity contribution in [3.05, 3.63) is 0 Å². The Hall–Kier alpha value is -0.610. The van der Waals surface area contributed by atoms with E-state index >= 15 is 0 Å². The van der Waals surface area contributed by atoms with Crippen molar-refractivity contribution in [2.75, 3.05) is 19.6 Å². The zero-order valence-corrected chi connectivity index (χ0v) is 10.7. The second kappa shape index (κ2) is 6.21. The monoisotopic (exact) mass is 227 g/mol. The Labute approximate surface area is 98.6 Å². The summed E-state index contributed by atoms with van der Waals surface area (Å²) < 4.78 is 0. The van der Waals surface area contributed by atoms with Crippen molar-refractivity contribution in [3.8, 4) is 0 Å². The molecule has 1 fully saturated rings. The van der Waals surface area contributed by atoms with E-state index in [0.29, 0.717) is 12.1 Å². The van der Waals surface area contributed by atoms with Crippen molar-refractivity contribution in [2.45, 2.75) is 45.7 Å². The SMILES string of the molecule is CC(C)NCCN1CC(C(N)=O)CCC1C. The summed E-state index contributed by atoms with van der Waals surface area (Å²) in [6, 6.07) is 1.09. The number of amides is 1. The van der Waals surface area contributed by atoms with Crippen LogP contribution in [0.3, 0.4) is 0 Å². The zero-order chi connectivity index (χ0) is 12.1. The molecule has 16 heavy (non-hydrogen) atoms. The highest BCUT2D eigenvalue weighted by Gasteiger charge is 2.27. The number of nitrogens with zero attached hydrogens (tertiary/aromatic N) is 1. The van der Waals surface area contributed by atoms with Gasteiger partial charge in [0.25, 0.3) is 0 Å². The maximum Gasteiger partial charge on any atom is 0.221 e. The van der Waals surface area contributed by atoms with Crippen LogP contribution in [0, 0.1) is 5.92 Å². The van der Waals surface area contributed by atoms with Crippen LogP contribution in [0.15, 0.2) is 0 Å². The van der Waals surface area contributed by atoms with Crippen LogP contribution < -0.4 is 11.1 Å². The molecule has 0 aliphatic carbocycles. The van der Waals surface area contributed by atoms with E-state index in [1.807, 2.05) is 0 Å². The summed E-state index contributed by atoms with van der Waals surface area (Å²) >= 11 is 0. The van der Waals surface area contributed by atoms with Crippen molar-refractivity contribution in [2.24, 2.45) is 11.7 Å². The topological polar surface area (TPSA) is 58.4 Å². The number of primary amides is 1. The predicted molar refractivity (Wildman–Crippen MR) is 66.1 cm³/mol. The smallest absolute Gasteiger partial charge is 0.221 e. The van der Waals surface area contributed by atoms with Crippen LogP contribution >= 0.6 is 0 Å². The lowest BCUT2D eigenvalue weighted by Crippen LogP contribution is -2.48. The fourth-order valence-electron chi connectivity index (χ4n) is 2.22. The van der Waals surface area contributed by atoms with E-state index in [4.69, 9.17) is 5.73 Å². The van der Waals surface area contributed by atoms with Crippen LogP contribution in [0.5, 0.6) is 0 Å². The molecule has 3 N–H and O–H groups in total. The first kappa shape index (κ1) is 13.5. The average molecular weight is 227 g/mol. The second-order valence-corrected chi connectivity index (χ2v) is 5.13. The van der Waals surface area contributed by atoms with Gasteiger partial charge in [-0.05, 0) is 19.8 Å². The molecular formula is C12H25N3O. The van der Waals surface area contributed by atoms with Gasteiger partial charge in [0, 0.05) is 31.7 Å². The van der Waals surface area contributed by atoms with Crippen molar-refractivity contribution in [3.63, 3.8) is 0 Å². The number of piperidine rings is 1. The summed E-state index contributed by atoms with van der Waals surface area (Å²) in [5, 5.41) is 3.40.